The molecule has 27 heavy (non-hydrogen) atoms. The first kappa shape index (κ1) is 19.3. The zero-order valence-corrected chi connectivity index (χ0v) is 16.1. The Morgan fingerprint density at radius 3 is 2.33 bits per heavy atom. The topological polar surface area (TPSA) is 33.3 Å². The van der Waals surface area contributed by atoms with Gasteiger partial charge in [-0.1, -0.05) is 35.9 Å². The molecule has 0 aliphatic carbocycles. The molecule has 0 bridgehead atoms. The highest BCUT2D eigenvalue weighted by Gasteiger charge is 2.16. The van der Waals surface area contributed by atoms with Gasteiger partial charge in [0.15, 0.2) is 5.11 Å². The normalized spacial score (nSPS) is 11.9. The van der Waals surface area contributed by atoms with Gasteiger partial charge in [-0.2, -0.15) is 8.78 Å². The minimum atomic E-state index is -2.84. The molecular weight excluding hydrogens is 386 g/mol. The van der Waals surface area contributed by atoms with E-state index in [0.29, 0.717) is 10.8 Å². The Bertz CT molecular complexity index is 866. The fourth-order valence-electron chi connectivity index (χ4n) is 2.55. The molecule has 3 aromatic rings. The summed E-state index contributed by atoms with van der Waals surface area (Å²) in [4.78, 5) is 1.14. The van der Waals surface area contributed by atoms with Crippen molar-refractivity contribution in [2.24, 2.45) is 0 Å². The first-order chi connectivity index (χ1) is 13.0. The Morgan fingerprint density at radius 1 is 1.04 bits per heavy atom. The molecule has 2 aromatic carbocycles. The summed E-state index contributed by atoms with van der Waals surface area (Å²) in [5, 5.41) is 8.87. The summed E-state index contributed by atoms with van der Waals surface area (Å²) in [7, 11) is 0. The van der Waals surface area contributed by atoms with Gasteiger partial charge in [-0.15, -0.1) is 11.3 Å². The third-order valence-electron chi connectivity index (χ3n) is 3.85. The number of nitrogens with one attached hydrogen (secondary N) is 2. The first-order valence-electron chi connectivity index (χ1n) is 8.23. The van der Waals surface area contributed by atoms with Crippen LogP contribution in [0.25, 0.3) is 0 Å². The Kier molecular flexibility index (Phi) is 6.36. The van der Waals surface area contributed by atoms with Crippen LogP contribution in [0.15, 0.2) is 66.0 Å². The zero-order chi connectivity index (χ0) is 19.2. The lowest BCUT2D eigenvalue weighted by Gasteiger charge is -2.21. The summed E-state index contributed by atoms with van der Waals surface area (Å²) in [5.74, 6) is 0.102. The molecule has 0 saturated carbocycles. The number of thiophene rings is 1. The Labute approximate surface area is 166 Å². The second-order valence-electron chi connectivity index (χ2n) is 5.86. The van der Waals surface area contributed by atoms with Crippen molar-refractivity contribution in [2.45, 2.75) is 19.6 Å². The van der Waals surface area contributed by atoms with E-state index in [9.17, 15) is 8.78 Å². The highest BCUT2D eigenvalue weighted by Crippen LogP contribution is 2.26. The number of thiocarbonyl (C=S) groups is 1. The van der Waals surface area contributed by atoms with Gasteiger partial charge < -0.3 is 15.4 Å². The number of aryl methyl sites for hydroxylation is 1. The van der Waals surface area contributed by atoms with E-state index in [4.69, 9.17) is 12.2 Å². The van der Waals surface area contributed by atoms with Crippen LogP contribution in [0.3, 0.4) is 0 Å². The zero-order valence-electron chi connectivity index (χ0n) is 14.5. The lowest BCUT2D eigenvalue weighted by Crippen LogP contribution is -2.32. The van der Waals surface area contributed by atoms with Gasteiger partial charge in [0.05, 0.1) is 6.04 Å². The van der Waals surface area contributed by atoms with Gasteiger partial charge in [0, 0.05) is 10.6 Å². The van der Waals surface area contributed by atoms with Gasteiger partial charge in [-0.05, 0) is 60.4 Å². The molecule has 1 heterocycles. The van der Waals surface area contributed by atoms with E-state index in [1.54, 1.807) is 23.5 Å². The molecular formula is C20H18F2N2OS2. The Morgan fingerprint density at radius 2 is 1.74 bits per heavy atom. The predicted octanol–water partition coefficient (Wildman–Crippen LogP) is 5.73. The molecule has 0 unspecified atom stereocenters. The van der Waals surface area contributed by atoms with Crippen LogP contribution >= 0.6 is 23.6 Å². The van der Waals surface area contributed by atoms with Crippen molar-refractivity contribution in [1.29, 1.82) is 0 Å². The fourth-order valence-corrected chi connectivity index (χ4v) is 3.59. The van der Waals surface area contributed by atoms with Crippen LogP contribution in [-0.2, 0) is 0 Å². The SMILES string of the molecule is Cc1ccc([C@H](NC(=S)Nc2ccc(OC(F)F)cc2)c2cccs2)cc1. The standard InChI is InChI=1S/C20H18F2N2OS2/c1-13-4-6-14(7-5-13)18(17-3-2-12-27-17)24-20(26)23-15-8-10-16(11-9-15)25-19(21)22/h2-12,18-19H,1H3,(H2,23,24,26)/t18-/m0/s1. The van der Waals surface area contributed by atoms with Crippen LogP contribution in [0.4, 0.5) is 14.5 Å². The molecule has 3 nitrogen and oxygen atoms in total. The molecule has 0 radical (unpaired) electrons. The van der Waals surface area contributed by atoms with E-state index in [-0.39, 0.29) is 11.8 Å². The largest absolute Gasteiger partial charge is 0.435 e. The maximum atomic E-state index is 12.2. The molecule has 0 fully saturated rings. The van der Waals surface area contributed by atoms with Crippen molar-refractivity contribution in [2.75, 3.05) is 5.32 Å². The van der Waals surface area contributed by atoms with Crippen molar-refractivity contribution < 1.29 is 13.5 Å². The van der Waals surface area contributed by atoms with Gasteiger partial charge in [0.1, 0.15) is 5.75 Å². The van der Waals surface area contributed by atoms with E-state index in [1.165, 1.54) is 17.7 Å². The maximum absolute atomic E-state index is 12.2. The predicted molar refractivity (Wildman–Crippen MR) is 110 cm³/mol. The second kappa shape index (κ2) is 8.92. The first-order valence-corrected chi connectivity index (χ1v) is 9.52. The third kappa shape index (κ3) is 5.48. The van der Waals surface area contributed by atoms with Crippen LogP contribution < -0.4 is 15.4 Å². The number of halogens is 2. The summed E-state index contributed by atoms with van der Waals surface area (Å²) < 4.78 is 28.8. The smallest absolute Gasteiger partial charge is 0.387 e. The third-order valence-corrected chi connectivity index (χ3v) is 5.01. The van der Waals surface area contributed by atoms with Gasteiger partial charge in [0.2, 0.25) is 0 Å². The average Bonchev–Trinajstić information content (AvgIpc) is 3.16. The average molecular weight is 405 g/mol. The monoisotopic (exact) mass is 404 g/mol. The van der Waals surface area contributed by atoms with E-state index in [1.807, 2.05) is 18.4 Å². The van der Waals surface area contributed by atoms with Crippen LogP contribution in [0.1, 0.15) is 22.0 Å². The van der Waals surface area contributed by atoms with E-state index >= 15 is 0 Å². The Balaban J connectivity index is 1.70. The van der Waals surface area contributed by atoms with E-state index in [2.05, 4.69) is 45.7 Å². The van der Waals surface area contributed by atoms with Crippen molar-refractivity contribution >= 4 is 34.4 Å². The highest BCUT2D eigenvalue weighted by atomic mass is 32.1. The summed E-state index contributed by atoms with van der Waals surface area (Å²) in [6.45, 7) is -0.794. The van der Waals surface area contributed by atoms with Crippen molar-refractivity contribution in [3.63, 3.8) is 0 Å². The highest BCUT2D eigenvalue weighted by molar-refractivity contribution is 7.80. The lowest BCUT2D eigenvalue weighted by molar-refractivity contribution is -0.0498. The Hall–Kier alpha value is -2.51. The molecule has 0 aliphatic rings. The molecule has 0 saturated heterocycles. The molecule has 140 valence electrons. The van der Waals surface area contributed by atoms with E-state index in [0.717, 1.165) is 10.4 Å². The molecule has 0 spiro atoms. The molecule has 2 N–H and O–H groups in total. The molecule has 1 atom stereocenters. The fraction of sp³-hybridized carbons (Fsp3) is 0.150. The number of anilines is 1. The number of hydrogen-bond acceptors (Lipinski definition) is 3. The summed E-state index contributed by atoms with van der Waals surface area (Å²) in [5.41, 5.74) is 2.98. The summed E-state index contributed by atoms with van der Waals surface area (Å²) in [6.07, 6.45) is 0. The molecule has 1 aromatic heterocycles. The quantitative estimate of drug-likeness (QED) is 0.514. The van der Waals surface area contributed by atoms with Crippen molar-refractivity contribution in [1.82, 2.24) is 5.32 Å². The maximum Gasteiger partial charge on any atom is 0.387 e. The van der Waals surface area contributed by atoms with E-state index < -0.39 is 6.61 Å². The lowest BCUT2D eigenvalue weighted by atomic mass is 10.0. The van der Waals surface area contributed by atoms with Crippen molar-refractivity contribution in [3.05, 3.63) is 82.0 Å². The van der Waals surface area contributed by atoms with Gasteiger partial charge in [0.25, 0.3) is 0 Å². The number of ether oxygens (including phenoxy) is 1. The van der Waals surface area contributed by atoms with Crippen LogP contribution in [-0.4, -0.2) is 11.7 Å². The number of benzene rings is 2. The molecule has 3 rings (SSSR count). The molecule has 0 aliphatic heterocycles. The van der Waals surface area contributed by atoms with Gasteiger partial charge in [-0.3, -0.25) is 0 Å². The number of hydrogen-bond donors (Lipinski definition) is 2. The second-order valence-corrected chi connectivity index (χ2v) is 7.25. The van der Waals surface area contributed by atoms with Crippen LogP contribution in [0.5, 0.6) is 5.75 Å². The number of rotatable bonds is 6. The number of alkyl halides is 2. The summed E-state index contributed by atoms with van der Waals surface area (Å²) >= 11 is 7.09. The van der Waals surface area contributed by atoms with Gasteiger partial charge >= 0.3 is 6.61 Å². The van der Waals surface area contributed by atoms with Crippen LogP contribution in [0, 0.1) is 6.92 Å². The molecule has 0 amide bonds. The van der Waals surface area contributed by atoms with Gasteiger partial charge in [-0.25, -0.2) is 0 Å². The minimum absolute atomic E-state index is 0.0768. The molecule has 7 heteroatoms. The summed E-state index contributed by atoms with van der Waals surface area (Å²) in [6, 6.07) is 18.5. The van der Waals surface area contributed by atoms with Crippen LogP contribution in [0.2, 0.25) is 0 Å². The van der Waals surface area contributed by atoms with Crippen molar-refractivity contribution in [3.8, 4) is 5.75 Å². The minimum Gasteiger partial charge on any atom is -0.435 e.